The van der Waals surface area contributed by atoms with E-state index in [4.69, 9.17) is 0 Å². The molecule has 0 bridgehead atoms. The molecule has 0 fully saturated rings. The average Bonchev–Trinajstić information content (AvgIpc) is 2.53. The number of Topliss-reactive ketones (excluding diaryl/α,β-unsaturated/α-hetero) is 1. The van der Waals surface area contributed by atoms with Gasteiger partial charge >= 0.3 is 30.1 Å². The normalized spacial score (nSPS) is 14.7. The standard InChI is InChI=1S/C14H9F11O.FH/c1-6-2-4-7(5-3-6)8(26)9(15)11(18,19)13(22,23)14(24,25)12(20,21)10(16)17;/h2-5,9-10H,1H3;1H. The Hall–Kier alpha value is -1.95. The van der Waals surface area contributed by atoms with Gasteiger partial charge in [-0.3, -0.25) is 9.50 Å². The van der Waals surface area contributed by atoms with Crippen LogP contribution in [0.2, 0.25) is 0 Å². The largest absolute Gasteiger partial charge is 0.384 e. The van der Waals surface area contributed by atoms with Gasteiger partial charge in [0.15, 0.2) is 0 Å². The van der Waals surface area contributed by atoms with Gasteiger partial charge in [-0.15, -0.1) is 0 Å². The molecule has 0 aliphatic carbocycles. The molecule has 156 valence electrons. The zero-order chi connectivity index (χ0) is 20.7. The third kappa shape index (κ3) is 3.86. The van der Waals surface area contributed by atoms with Crippen molar-refractivity contribution in [3.05, 3.63) is 35.4 Å². The predicted molar refractivity (Wildman–Crippen MR) is 68.7 cm³/mol. The summed E-state index contributed by atoms with van der Waals surface area (Å²) in [5, 5.41) is 0. The topological polar surface area (TPSA) is 17.1 Å². The minimum atomic E-state index is -7.35. The van der Waals surface area contributed by atoms with Gasteiger partial charge in [-0.2, -0.15) is 35.1 Å². The highest BCUT2D eigenvalue weighted by molar-refractivity contribution is 6.00. The van der Waals surface area contributed by atoms with Gasteiger partial charge in [0.25, 0.3) is 0 Å². The Kier molecular flexibility index (Phi) is 7.04. The number of carbonyl (C=O) groups excluding carboxylic acids is 1. The van der Waals surface area contributed by atoms with Crippen LogP contribution >= 0.6 is 0 Å². The van der Waals surface area contributed by atoms with Crippen molar-refractivity contribution in [2.45, 2.75) is 43.2 Å². The lowest BCUT2D eigenvalue weighted by Gasteiger charge is -2.37. The molecule has 1 aromatic rings. The molecule has 13 heteroatoms. The number of hydrogen-bond acceptors (Lipinski definition) is 1. The average molecular weight is 422 g/mol. The van der Waals surface area contributed by atoms with E-state index in [2.05, 4.69) is 0 Å². The van der Waals surface area contributed by atoms with Crippen LogP contribution in [0.15, 0.2) is 24.3 Å². The lowest BCUT2D eigenvalue weighted by atomic mass is 9.92. The van der Waals surface area contributed by atoms with Crippen LogP contribution in [0, 0.1) is 6.92 Å². The molecule has 0 aliphatic heterocycles. The van der Waals surface area contributed by atoms with Gasteiger partial charge in [0.05, 0.1) is 0 Å². The molecule has 1 nitrogen and oxygen atoms in total. The fourth-order valence-corrected chi connectivity index (χ4v) is 1.74. The summed E-state index contributed by atoms with van der Waals surface area (Å²) in [6, 6.07) is 3.53. The van der Waals surface area contributed by atoms with Gasteiger partial charge in [0.1, 0.15) is 0 Å². The number of alkyl halides is 11. The molecule has 0 spiro atoms. The minimum absolute atomic E-state index is 0. The van der Waals surface area contributed by atoms with Crippen LogP contribution in [0.5, 0.6) is 0 Å². The molecule has 0 saturated heterocycles. The summed E-state index contributed by atoms with van der Waals surface area (Å²) in [5.41, 5.74) is -0.514. The smallest absolute Gasteiger partial charge is 0.291 e. The van der Waals surface area contributed by atoms with Gasteiger partial charge in [0.2, 0.25) is 12.0 Å². The van der Waals surface area contributed by atoms with E-state index in [1.807, 2.05) is 0 Å². The second kappa shape index (κ2) is 7.58. The van der Waals surface area contributed by atoms with Crippen molar-refractivity contribution in [1.29, 1.82) is 0 Å². The Labute approximate surface area is 143 Å². The highest BCUT2D eigenvalue weighted by atomic mass is 19.4. The van der Waals surface area contributed by atoms with Crippen LogP contribution in [-0.4, -0.2) is 42.1 Å². The van der Waals surface area contributed by atoms with Crippen LogP contribution < -0.4 is 0 Å². The molecule has 0 saturated carbocycles. The molecule has 0 aromatic heterocycles. The number of hydrogen-bond donors (Lipinski definition) is 0. The van der Waals surface area contributed by atoms with Gasteiger partial charge in [0, 0.05) is 5.56 Å². The van der Waals surface area contributed by atoms with Crippen LogP contribution in [0.1, 0.15) is 15.9 Å². The van der Waals surface area contributed by atoms with Crippen molar-refractivity contribution in [3.8, 4) is 0 Å². The van der Waals surface area contributed by atoms with E-state index in [0.29, 0.717) is 17.7 Å². The maximum Gasteiger partial charge on any atom is 0.384 e. The van der Waals surface area contributed by atoms with Crippen LogP contribution in [0.3, 0.4) is 0 Å². The number of aryl methyl sites for hydroxylation is 1. The number of carbonyl (C=O) groups is 1. The molecule has 0 heterocycles. The summed E-state index contributed by atoms with van der Waals surface area (Å²) in [7, 11) is 0. The maximum atomic E-state index is 13.6. The van der Waals surface area contributed by atoms with Crippen molar-refractivity contribution in [1.82, 2.24) is 0 Å². The second-order valence-electron chi connectivity index (χ2n) is 5.29. The number of rotatable bonds is 7. The third-order valence-corrected chi connectivity index (χ3v) is 3.39. The summed E-state index contributed by atoms with van der Waals surface area (Å²) in [6.07, 6.45) is -10.1. The van der Waals surface area contributed by atoms with E-state index in [1.165, 1.54) is 6.92 Å². The Bertz CT molecular complexity index is 653. The first-order chi connectivity index (χ1) is 11.5. The first-order valence-corrected chi connectivity index (χ1v) is 6.56. The van der Waals surface area contributed by atoms with Gasteiger partial charge in [-0.05, 0) is 6.92 Å². The second-order valence-corrected chi connectivity index (χ2v) is 5.29. The fraction of sp³-hybridized carbons (Fsp3) is 0.500. The molecular formula is C14H10F12O. The van der Waals surface area contributed by atoms with Crippen molar-refractivity contribution in [3.63, 3.8) is 0 Å². The Morgan fingerprint density at radius 3 is 1.52 bits per heavy atom. The third-order valence-electron chi connectivity index (χ3n) is 3.39. The predicted octanol–water partition coefficient (Wildman–Crippen LogP) is 5.47. The van der Waals surface area contributed by atoms with E-state index < -0.39 is 47.6 Å². The van der Waals surface area contributed by atoms with Crippen molar-refractivity contribution in [2.24, 2.45) is 0 Å². The molecule has 1 atom stereocenters. The molecule has 1 aromatic carbocycles. The van der Waals surface area contributed by atoms with E-state index in [-0.39, 0.29) is 4.70 Å². The summed E-state index contributed by atoms with van der Waals surface area (Å²) >= 11 is 0. The van der Waals surface area contributed by atoms with Crippen molar-refractivity contribution in [2.75, 3.05) is 0 Å². The monoisotopic (exact) mass is 422 g/mol. The fourth-order valence-electron chi connectivity index (χ4n) is 1.74. The first kappa shape index (κ1) is 25.1. The van der Waals surface area contributed by atoms with Gasteiger partial charge in [-0.1, -0.05) is 29.8 Å². The van der Waals surface area contributed by atoms with Gasteiger partial charge < -0.3 is 0 Å². The lowest BCUT2D eigenvalue weighted by molar-refractivity contribution is -0.388. The molecular weight excluding hydrogens is 412 g/mol. The Morgan fingerprint density at radius 2 is 1.15 bits per heavy atom. The summed E-state index contributed by atoms with van der Waals surface area (Å²) in [4.78, 5) is 11.5. The number of halogens is 12. The molecule has 0 radical (unpaired) electrons. The molecule has 1 unspecified atom stereocenters. The Balaban J connectivity index is 0.00000676. The Morgan fingerprint density at radius 1 is 0.778 bits per heavy atom. The van der Waals surface area contributed by atoms with Crippen molar-refractivity contribution < 1.29 is 57.8 Å². The summed E-state index contributed by atoms with van der Waals surface area (Å²) in [5.74, 6) is -30.7. The van der Waals surface area contributed by atoms with E-state index in [1.54, 1.807) is 0 Å². The lowest BCUT2D eigenvalue weighted by Crippen LogP contribution is -2.67. The summed E-state index contributed by atoms with van der Waals surface area (Å²) < 4.78 is 143. The summed E-state index contributed by atoms with van der Waals surface area (Å²) in [6.45, 7) is 1.44. The van der Waals surface area contributed by atoms with E-state index in [9.17, 15) is 53.1 Å². The van der Waals surface area contributed by atoms with Crippen LogP contribution in [0.25, 0.3) is 0 Å². The quantitative estimate of drug-likeness (QED) is 0.421. The van der Waals surface area contributed by atoms with E-state index >= 15 is 0 Å². The SMILES string of the molecule is Cc1ccc(C(=O)C(F)C(F)(F)C(F)(F)C(F)(F)C(F)(F)C(F)F)cc1.F. The molecule has 0 aliphatic rings. The number of benzene rings is 1. The van der Waals surface area contributed by atoms with E-state index in [0.717, 1.165) is 12.1 Å². The first-order valence-electron chi connectivity index (χ1n) is 6.56. The molecule has 1 rings (SSSR count). The van der Waals surface area contributed by atoms with Crippen LogP contribution in [0.4, 0.5) is 53.0 Å². The zero-order valence-corrected chi connectivity index (χ0v) is 12.9. The molecule has 0 amide bonds. The van der Waals surface area contributed by atoms with Crippen LogP contribution in [-0.2, 0) is 0 Å². The minimum Gasteiger partial charge on any atom is -0.291 e. The van der Waals surface area contributed by atoms with Gasteiger partial charge in [-0.25, -0.2) is 13.2 Å². The highest BCUT2D eigenvalue weighted by Gasteiger charge is 2.84. The molecule has 0 N–H and O–H groups in total. The maximum absolute atomic E-state index is 13.6. The zero-order valence-electron chi connectivity index (χ0n) is 12.9. The molecule has 27 heavy (non-hydrogen) atoms. The number of ketones is 1. The highest BCUT2D eigenvalue weighted by Crippen LogP contribution is 2.55. The van der Waals surface area contributed by atoms with Crippen molar-refractivity contribution >= 4 is 5.78 Å².